The van der Waals surface area contributed by atoms with Crippen molar-refractivity contribution in [1.82, 2.24) is 5.32 Å². The van der Waals surface area contributed by atoms with E-state index in [-0.39, 0.29) is 12.5 Å². The molecule has 0 aromatic rings. The summed E-state index contributed by atoms with van der Waals surface area (Å²) in [5.74, 6) is -0.177. The van der Waals surface area contributed by atoms with E-state index in [2.05, 4.69) is 19.2 Å². The van der Waals surface area contributed by atoms with E-state index < -0.39 is 49.5 Å². The van der Waals surface area contributed by atoms with Crippen LogP contribution in [0.25, 0.3) is 0 Å². The molecule has 332 valence electrons. The van der Waals surface area contributed by atoms with Crippen LogP contribution in [-0.2, 0) is 14.3 Å². The molecule has 1 saturated heterocycles. The van der Waals surface area contributed by atoms with Crippen LogP contribution < -0.4 is 5.32 Å². The highest BCUT2D eigenvalue weighted by atomic mass is 16.7. The first-order valence-corrected chi connectivity index (χ1v) is 23.9. The minimum absolute atomic E-state index is 0.177. The quantitative estimate of drug-likeness (QED) is 0.0265. The Labute approximate surface area is 344 Å². The molecule has 0 saturated carbocycles. The standard InChI is InChI=1S/C47H91NO8/c1-3-5-7-9-11-13-15-16-17-18-19-20-21-22-23-24-25-26-27-28-30-32-34-36-41(50)40(39-55-47-46(54)45(53)44(52)42(38-49)56-47)48-43(51)37-35-33-31-29-14-12-10-8-6-4-2/h34,36,40-42,44-47,49-50,52-54H,3-33,35,37-39H2,1-2H3,(H,48,51)/b36-34+. The zero-order valence-corrected chi connectivity index (χ0v) is 36.4. The molecule has 0 aromatic heterocycles. The summed E-state index contributed by atoms with van der Waals surface area (Å²) in [4.78, 5) is 12.9. The van der Waals surface area contributed by atoms with Gasteiger partial charge in [-0.3, -0.25) is 4.79 Å². The third-order valence-corrected chi connectivity index (χ3v) is 11.6. The molecule has 1 aliphatic rings. The minimum Gasteiger partial charge on any atom is -0.394 e. The van der Waals surface area contributed by atoms with E-state index in [1.165, 1.54) is 167 Å². The zero-order valence-electron chi connectivity index (χ0n) is 36.4. The maximum absolute atomic E-state index is 12.9. The van der Waals surface area contributed by atoms with Crippen molar-refractivity contribution in [3.63, 3.8) is 0 Å². The van der Waals surface area contributed by atoms with Gasteiger partial charge in [0.05, 0.1) is 25.4 Å². The van der Waals surface area contributed by atoms with E-state index >= 15 is 0 Å². The molecule has 7 atom stereocenters. The predicted octanol–water partition coefficient (Wildman–Crippen LogP) is 10.1. The van der Waals surface area contributed by atoms with Crippen LogP contribution in [0.1, 0.15) is 226 Å². The Kier molecular flexibility index (Phi) is 36.1. The number of ether oxygens (including phenoxy) is 2. The molecule has 1 amide bonds. The average molecular weight is 798 g/mol. The lowest BCUT2D eigenvalue weighted by Gasteiger charge is -2.40. The van der Waals surface area contributed by atoms with Crippen molar-refractivity contribution >= 4 is 5.91 Å². The second-order valence-electron chi connectivity index (χ2n) is 16.9. The second kappa shape index (κ2) is 38.2. The number of carbonyl (C=O) groups is 1. The molecule has 1 fully saturated rings. The molecular weight excluding hydrogens is 707 g/mol. The zero-order chi connectivity index (χ0) is 40.9. The monoisotopic (exact) mass is 798 g/mol. The van der Waals surface area contributed by atoms with Crippen LogP contribution in [0.2, 0.25) is 0 Å². The fourth-order valence-corrected chi connectivity index (χ4v) is 7.75. The van der Waals surface area contributed by atoms with Gasteiger partial charge in [-0.1, -0.05) is 212 Å². The summed E-state index contributed by atoms with van der Waals surface area (Å²) < 4.78 is 11.2. The second-order valence-corrected chi connectivity index (χ2v) is 16.9. The van der Waals surface area contributed by atoms with Crippen LogP contribution in [0.4, 0.5) is 0 Å². The Bertz CT molecular complexity index is 888. The van der Waals surface area contributed by atoms with Crippen molar-refractivity contribution in [2.45, 2.75) is 269 Å². The number of carbonyl (C=O) groups excluding carboxylic acids is 1. The largest absolute Gasteiger partial charge is 0.394 e. The summed E-state index contributed by atoms with van der Waals surface area (Å²) >= 11 is 0. The number of aliphatic hydroxyl groups excluding tert-OH is 5. The van der Waals surface area contributed by atoms with Crippen LogP contribution >= 0.6 is 0 Å². The fourth-order valence-electron chi connectivity index (χ4n) is 7.75. The highest BCUT2D eigenvalue weighted by Gasteiger charge is 2.44. The molecular formula is C47H91NO8. The fraction of sp³-hybridized carbons (Fsp3) is 0.936. The van der Waals surface area contributed by atoms with Gasteiger partial charge in [-0.05, 0) is 19.3 Å². The Morgan fingerprint density at radius 2 is 0.982 bits per heavy atom. The van der Waals surface area contributed by atoms with Gasteiger partial charge >= 0.3 is 0 Å². The maximum atomic E-state index is 12.9. The van der Waals surface area contributed by atoms with Crippen molar-refractivity contribution < 1.29 is 39.8 Å². The number of amides is 1. The summed E-state index contributed by atoms with van der Waals surface area (Å²) in [6.07, 6.45) is 37.0. The van der Waals surface area contributed by atoms with E-state index in [1.54, 1.807) is 6.08 Å². The third-order valence-electron chi connectivity index (χ3n) is 11.6. The lowest BCUT2D eigenvalue weighted by Crippen LogP contribution is -2.60. The summed E-state index contributed by atoms with van der Waals surface area (Å²) in [5.41, 5.74) is 0. The van der Waals surface area contributed by atoms with Crippen molar-refractivity contribution in [2.24, 2.45) is 0 Å². The number of unbranched alkanes of at least 4 members (excludes halogenated alkanes) is 30. The van der Waals surface area contributed by atoms with E-state index in [4.69, 9.17) is 9.47 Å². The van der Waals surface area contributed by atoms with Gasteiger partial charge in [0.25, 0.3) is 0 Å². The normalized spacial score (nSPS) is 21.2. The number of nitrogens with one attached hydrogen (secondary N) is 1. The first kappa shape index (κ1) is 52.9. The molecule has 9 heteroatoms. The number of hydrogen-bond acceptors (Lipinski definition) is 8. The SMILES string of the molecule is CCCCCCCCCCCCCCCCCCCCCCC/C=C/C(O)C(COC1OC(CO)C(O)C(O)C1O)NC(=O)CCCCCCCCCCCC. The third kappa shape index (κ3) is 28.4. The van der Waals surface area contributed by atoms with Gasteiger partial charge < -0.3 is 40.3 Å². The molecule has 0 spiro atoms. The number of allylic oxidation sites excluding steroid dienone is 1. The minimum atomic E-state index is -1.56. The number of hydrogen-bond donors (Lipinski definition) is 6. The van der Waals surface area contributed by atoms with Crippen LogP contribution in [0.15, 0.2) is 12.2 Å². The van der Waals surface area contributed by atoms with E-state index in [0.717, 1.165) is 38.5 Å². The number of aliphatic hydroxyl groups is 5. The molecule has 0 bridgehead atoms. The van der Waals surface area contributed by atoms with Gasteiger partial charge in [0.2, 0.25) is 5.91 Å². The maximum Gasteiger partial charge on any atom is 0.220 e. The Balaban J connectivity index is 2.26. The van der Waals surface area contributed by atoms with E-state index in [9.17, 15) is 30.3 Å². The number of rotatable bonds is 40. The molecule has 0 aliphatic carbocycles. The first-order chi connectivity index (χ1) is 27.3. The van der Waals surface area contributed by atoms with Gasteiger partial charge in [0.1, 0.15) is 24.4 Å². The lowest BCUT2D eigenvalue weighted by atomic mass is 9.99. The lowest BCUT2D eigenvalue weighted by molar-refractivity contribution is -0.302. The molecule has 1 rings (SSSR count). The molecule has 7 unspecified atom stereocenters. The molecule has 0 radical (unpaired) electrons. The first-order valence-electron chi connectivity index (χ1n) is 23.9. The molecule has 6 N–H and O–H groups in total. The summed E-state index contributed by atoms with van der Waals surface area (Å²) in [5, 5.41) is 54.1. The van der Waals surface area contributed by atoms with Gasteiger partial charge in [-0.15, -0.1) is 0 Å². The van der Waals surface area contributed by atoms with Crippen LogP contribution in [-0.4, -0.2) is 87.5 Å². The smallest absolute Gasteiger partial charge is 0.220 e. The Morgan fingerprint density at radius 3 is 1.39 bits per heavy atom. The van der Waals surface area contributed by atoms with Crippen molar-refractivity contribution in [1.29, 1.82) is 0 Å². The van der Waals surface area contributed by atoms with E-state index in [0.29, 0.717) is 6.42 Å². The van der Waals surface area contributed by atoms with Crippen LogP contribution in [0.5, 0.6) is 0 Å². The van der Waals surface area contributed by atoms with Crippen LogP contribution in [0.3, 0.4) is 0 Å². The van der Waals surface area contributed by atoms with E-state index in [1.807, 2.05) is 6.08 Å². The predicted molar refractivity (Wildman–Crippen MR) is 231 cm³/mol. The topological polar surface area (TPSA) is 149 Å². The molecule has 9 nitrogen and oxygen atoms in total. The van der Waals surface area contributed by atoms with Gasteiger partial charge in [0, 0.05) is 6.42 Å². The van der Waals surface area contributed by atoms with Crippen LogP contribution in [0, 0.1) is 0 Å². The summed E-state index contributed by atoms with van der Waals surface area (Å²) in [6.45, 7) is 3.77. The highest BCUT2D eigenvalue weighted by Crippen LogP contribution is 2.23. The van der Waals surface area contributed by atoms with Crippen molar-refractivity contribution in [3.05, 3.63) is 12.2 Å². The summed E-state index contributed by atoms with van der Waals surface area (Å²) in [7, 11) is 0. The Morgan fingerprint density at radius 1 is 0.589 bits per heavy atom. The van der Waals surface area contributed by atoms with Crippen molar-refractivity contribution in [3.8, 4) is 0 Å². The molecule has 56 heavy (non-hydrogen) atoms. The molecule has 1 heterocycles. The van der Waals surface area contributed by atoms with Crippen molar-refractivity contribution in [2.75, 3.05) is 13.2 Å². The van der Waals surface area contributed by atoms with Gasteiger partial charge in [0.15, 0.2) is 6.29 Å². The highest BCUT2D eigenvalue weighted by molar-refractivity contribution is 5.76. The molecule has 1 aliphatic heterocycles. The summed E-state index contributed by atoms with van der Waals surface area (Å²) in [6, 6.07) is -0.797. The van der Waals surface area contributed by atoms with Gasteiger partial charge in [-0.2, -0.15) is 0 Å². The van der Waals surface area contributed by atoms with Gasteiger partial charge in [-0.25, -0.2) is 0 Å². The molecule has 0 aromatic carbocycles. The average Bonchev–Trinajstić information content (AvgIpc) is 3.20. The Hall–Kier alpha value is -1.07.